The molecule has 0 aliphatic heterocycles. The Morgan fingerprint density at radius 2 is 2.36 bits per heavy atom. The summed E-state index contributed by atoms with van der Waals surface area (Å²) in [6.07, 6.45) is 9.55. The van der Waals surface area contributed by atoms with Crippen LogP contribution in [0, 0.1) is 5.92 Å². The zero-order chi connectivity index (χ0) is 10.2. The molecule has 0 radical (unpaired) electrons. The van der Waals surface area contributed by atoms with E-state index in [9.17, 15) is 4.79 Å². The minimum Gasteiger partial charge on any atom is -0.284 e. The summed E-state index contributed by atoms with van der Waals surface area (Å²) >= 11 is 0. The van der Waals surface area contributed by atoms with Gasteiger partial charge in [0.15, 0.2) is 0 Å². The molecule has 1 aliphatic carbocycles. The molecule has 4 nitrogen and oxygen atoms in total. The van der Waals surface area contributed by atoms with E-state index in [0.29, 0.717) is 5.92 Å². The Balaban J connectivity index is 2.46. The summed E-state index contributed by atoms with van der Waals surface area (Å²) < 4.78 is 6.35. The SMILES string of the molecule is CC1C=CC=CC1(C)[n+]1cc(=O)o[nH]1. The molecule has 2 rings (SSSR count). The van der Waals surface area contributed by atoms with Gasteiger partial charge < -0.3 is 0 Å². The van der Waals surface area contributed by atoms with E-state index in [2.05, 4.69) is 22.8 Å². The lowest BCUT2D eigenvalue weighted by Crippen LogP contribution is -2.58. The number of hydrogen-bond donors (Lipinski definition) is 1. The van der Waals surface area contributed by atoms with Crippen LogP contribution in [-0.4, -0.2) is 5.27 Å². The number of rotatable bonds is 1. The van der Waals surface area contributed by atoms with Crippen molar-refractivity contribution in [2.24, 2.45) is 5.92 Å². The lowest BCUT2D eigenvalue weighted by atomic mass is 9.84. The van der Waals surface area contributed by atoms with Crippen LogP contribution in [0.15, 0.2) is 39.8 Å². The molecular weight excluding hydrogens is 180 g/mol. The van der Waals surface area contributed by atoms with Crippen LogP contribution >= 0.6 is 0 Å². The highest BCUT2D eigenvalue weighted by Gasteiger charge is 2.40. The topological polar surface area (TPSA) is 49.9 Å². The molecular formula is C10H13N2O2+. The van der Waals surface area contributed by atoms with Crippen molar-refractivity contribution in [2.45, 2.75) is 19.4 Å². The zero-order valence-electron chi connectivity index (χ0n) is 8.23. The molecule has 0 amide bonds. The molecule has 1 aromatic heterocycles. The largest absolute Gasteiger partial charge is 0.426 e. The fraction of sp³-hybridized carbons (Fsp3) is 0.400. The molecule has 74 valence electrons. The number of aromatic nitrogens is 2. The zero-order valence-corrected chi connectivity index (χ0v) is 8.23. The Morgan fingerprint density at radius 1 is 1.57 bits per heavy atom. The van der Waals surface area contributed by atoms with Crippen molar-refractivity contribution in [1.82, 2.24) is 5.27 Å². The van der Waals surface area contributed by atoms with Crippen LogP contribution in [-0.2, 0) is 5.54 Å². The van der Waals surface area contributed by atoms with Crippen LogP contribution in [0.25, 0.3) is 0 Å². The van der Waals surface area contributed by atoms with Gasteiger partial charge in [-0.1, -0.05) is 29.8 Å². The third-order valence-electron chi connectivity index (χ3n) is 2.86. The summed E-state index contributed by atoms with van der Waals surface area (Å²) in [4.78, 5) is 10.9. The molecule has 0 fully saturated rings. The fourth-order valence-corrected chi connectivity index (χ4v) is 1.62. The van der Waals surface area contributed by atoms with Gasteiger partial charge in [0.25, 0.3) is 6.20 Å². The van der Waals surface area contributed by atoms with E-state index in [1.807, 2.05) is 25.2 Å². The fourth-order valence-electron chi connectivity index (χ4n) is 1.62. The molecule has 0 spiro atoms. The Bertz CT molecular complexity index is 441. The summed E-state index contributed by atoms with van der Waals surface area (Å²) in [6.45, 7) is 4.14. The molecule has 1 N–H and O–H groups in total. The minimum absolute atomic E-state index is 0.249. The molecule has 1 aliphatic rings. The maximum absolute atomic E-state index is 10.9. The first-order valence-corrected chi connectivity index (χ1v) is 4.59. The van der Waals surface area contributed by atoms with Gasteiger partial charge in [-0.05, 0) is 11.3 Å². The first-order valence-electron chi connectivity index (χ1n) is 4.59. The van der Waals surface area contributed by atoms with Gasteiger partial charge in [0, 0.05) is 12.8 Å². The Labute approximate surface area is 81.5 Å². The van der Waals surface area contributed by atoms with Crippen molar-refractivity contribution in [3.05, 3.63) is 40.9 Å². The third kappa shape index (κ3) is 1.23. The van der Waals surface area contributed by atoms with Gasteiger partial charge in [0.05, 0.1) is 0 Å². The normalized spacial score (nSPS) is 30.9. The van der Waals surface area contributed by atoms with Gasteiger partial charge in [0.1, 0.15) is 0 Å². The molecule has 0 saturated heterocycles. The van der Waals surface area contributed by atoms with E-state index >= 15 is 0 Å². The number of H-pyrrole nitrogens is 1. The lowest BCUT2D eigenvalue weighted by Gasteiger charge is -2.23. The minimum atomic E-state index is -0.360. The molecule has 0 saturated carbocycles. The standard InChI is InChI=1S/C10H12N2O2/c1-8-5-3-4-6-10(8,2)12-7-9(13)14-11-12/h3-8H,1-2H3/p+1. The van der Waals surface area contributed by atoms with Crippen LogP contribution in [0.3, 0.4) is 0 Å². The maximum Gasteiger partial charge on any atom is 0.426 e. The molecule has 0 bridgehead atoms. The first kappa shape index (κ1) is 8.99. The summed E-state index contributed by atoms with van der Waals surface area (Å²) in [5, 5.41) is 2.59. The van der Waals surface area contributed by atoms with Crippen molar-refractivity contribution >= 4 is 0 Å². The van der Waals surface area contributed by atoms with Gasteiger partial charge in [-0.25, -0.2) is 4.79 Å². The molecule has 0 aromatic carbocycles. The molecule has 2 atom stereocenters. The number of allylic oxidation sites excluding steroid dienone is 4. The van der Waals surface area contributed by atoms with Crippen molar-refractivity contribution in [3.63, 3.8) is 0 Å². The summed E-state index contributed by atoms with van der Waals surface area (Å²) in [6, 6.07) is 0. The van der Waals surface area contributed by atoms with E-state index in [1.54, 1.807) is 4.68 Å². The highest BCUT2D eigenvalue weighted by atomic mass is 16.5. The molecule has 4 heteroatoms. The predicted octanol–water partition coefficient (Wildman–Crippen LogP) is 0.733. The van der Waals surface area contributed by atoms with Gasteiger partial charge in [-0.15, -0.1) is 0 Å². The number of aromatic amines is 1. The van der Waals surface area contributed by atoms with Crippen molar-refractivity contribution < 1.29 is 9.20 Å². The maximum atomic E-state index is 10.9. The van der Waals surface area contributed by atoms with E-state index in [4.69, 9.17) is 0 Å². The van der Waals surface area contributed by atoms with Crippen LogP contribution in [0.1, 0.15) is 13.8 Å². The lowest BCUT2D eigenvalue weighted by molar-refractivity contribution is -0.813. The monoisotopic (exact) mass is 193 g/mol. The van der Waals surface area contributed by atoms with Crippen LogP contribution in [0.4, 0.5) is 0 Å². The number of hydrogen-bond acceptors (Lipinski definition) is 2. The van der Waals surface area contributed by atoms with Crippen LogP contribution in [0.5, 0.6) is 0 Å². The van der Waals surface area contributed by atoms with Gasteiger partial charge in [-0.3, -0.25) is 4.52 Å². The molecule has 1 aromatic rings. The second-order valence-electron chi connectivity index (χ2n) is 3.77. The van der Waals surface area contributed by atoms with Crippen LogP contribution < -0.4 is 10.3 Å². The van der Waals surface area contributed by atoms with Gasteiger partial charge >= 0.3 is 5.63 Å². The molecule has 14 heavy (non-hydrogen) atoms. The Morgan fingerprint density at radius 3 is 2.93 bits per heavy atom. The van der Waals surface area contributed by atoms with E-state index in [1.165, 1.54) is 6.20 Å². The summed E-state index contributed by atoms with van der Waals surface area (Å²) in [5.41, 5.74) is -0.609. The first-order chi connectivity index (χ1) is 6.63. The highest BCUT2D eigenvalue weighted by molar-refractivity contribution is 5.16. The Kier molecular flexibility index (Phi) is 1.91. The summed E-state index contributed by atoms with van der Waals surface area (Å²) in [5.74, 6) is 0.311. The van der Waals surface area contributed by atoms with Crippen molar-refractivity contribution in [3.8, 4) is 0 Å². The van der Waals surface area contributed by atoms with Crippen molar-refractivity contribution in [1.29, 1.82) is 0 Å². The average molecular weight is 193 g/mol. The smallest absolute Gasteiger partial charge is 0.284 e. The van der Waals surface area contributed by atoms with Crippen LogP contribution in [0.2, 0.25) is 0 Å². The molecule has 1 heterocycles. The van der Waals surface area contributed by atoms with E-state index < -0.39 is 0 Å². The predicted molar refractivity (Wildman–Crippen MR) is 50.6 cm³/mol. The summed E-state index contributed by atoms with van der Waals surface area (Å²) in [7, 11) is 0. The van der Waals surface area contributed by atoms with Gasteiger partial charge in [-0.2, -0.15) is 0 Å². The highest BCUT2D eigenvalue weighted by Crippen LogP contribution is 2.25. The van der Waals surface area contributed by atoms with E-state index in [-0.39, 0.29) is 11.2 Å². The third-order valence-corrected chi connectivity index (χ3v) is 2.86. The molecule has 2 unspecified atom stereocenters. The van der Waals surface area contributed by atoms with E-state index in [0.717, 1.165) is 0 Å². The quantitative estimate of drug-likeness (QED) is 0.668. The second kappa shape index (κ2) is 2.97. The number of nitrogens with one attached hydrogen (secondary N) is 1. The number of nitrogens with zero attached hydrogens (tertiary/aromatic N) is 1. The Hall–Kier alpha value is -1.58. The second-order valence-corrected chi connectivity index (χ2v) is 3.77. The average Bonchev–Trinajstić information content (AvgIpc) is 2.58. The van der Waals surface area contributed by atoms with Crippen molar-refractivity contribution in [2.75, 3.05) is 0 Å². The van der Waals surface area contributed by atoms with Gasteiger partial charge in [0.2, 0.25) is 5.54 Å².